The van der Waals surface area contributed by atoms with E-state index in [-0.39, 0.29) is 12.1 Å². The van der Waals surface area contributed by atoms with Crippen LogP contribution in [0.2, 0.25) is 0 Å². The quantitative estimate of drug-likeness (QED) is 0.541. The number of ether oxygens (including phenoxy) is 1. The van der Waals surface area contributed by atoms with Gasteiger partial charge in [0.1, 0.15) is 5.60 Å². The van der Waals surface area contributed by atoms with E-state index >= 15 is 0 Å². The first-order valence-corrected chi connectivity index (χ1v) is 10.1. The third-order valence-electron chi connectivity index (χ3n) is 4.89. The van der Waals surface area contributed by atoms with Gasteiger partial charge < -0.3 is 25.2 Å². The number of nitrogens with zero attached hydrogens (tertiary/aromatic N) is 4. The summed E-state index contributed by atoms with van der Waals surface area (Å²) in [4.78, 5) is 23.4. The second-order valence-electron chi connectivity index (χ2n) is 8.63. The summed E-state index contributed by atoms with van der Waals surface area (Å²) in [6, 6.07) is 0.642. The Kier molecular flexibility index (Phi) is 7.73. The smallest absolute Gasteiger partial charge is 0.410 e. The van der Waals surface area contributed by atoms with E-state index in [0.717, 1.165) is 45.2 Å². The predicted molar refractivity (Wildman–Crippen MR) is 109 cm³/mol. The highest BCUT2D eigenvalue weighted by atomic mass is 16.6. The molecule has 2 saturated heterocycles. The van der Waals surface area contributed by atoms with Gasteiger partial charge in [0.25, 0.3) is 0 Å². The Labute approximate surface area is 164 Å². The zero-order chi connectivity index (χ0) is 20.0. The number of likely N-dealkylation sites (N-methyl/N-ethyl adjacent to an activating group) is 1. The predicted octanol–water partition coefficient (Wildman–Crippen LogP) is 0.797. The van der Waals surface area contributed by atoms with E-state index in [9.17, 15) is 4.79 Å². The number of likely N-dealkylation sites (tertiary alicyclic amines) is 1. The van der Waals surface area contributed by atoms with E-state index < -0.39 is 5.60 Å². The molecule has 0 aromatic carbocycles. The molecular weight excluding hydrogens is 344 g/mol. The van der Waals surface area contributed by atoms with Gasteiger partial charge in [0.2, 0.25) is 0 Å². The van der Waals surface area contributed by atoms with Gasteiger partial charge in [-0.05, 0) is 41.7 Å². The molecule has 0 radical (unpaired) electrons. The van der Waals surface area contributed by atoms with E-state index in [2.05, 4.69) is 41.3 Å². The Hall–Kier alpha value is -1.54. The van der Waals surface area contributed by atoms with E-state index in [1.807, 2.05) is 20.8 Å². The molecule has 2 fully saturated rings. The number of guanidine groups is 1. The Balaban J connectivity index is 1.77. The summed E-state index contributed by atoms with van der Waals surface area (Å²) in [5.41, 5.74) is -0.453. The van der Waals surface area contributed by atoms with Crippen molar-refractivity contribution in [2.75, 3.05) is 59.4 Å². The molecule has 2 aliphatic heterocycles. The normalized spacial score (nSPS) is 21.6. The van der Waals surface area contributed by atoms with Crippen molar-refractivity contribution in [3.63, 3.8) is 0 Å². The van der Waals surface area contributed by atoms with Crippen LogP contribution in [-0.2, 0) is 4.74 Å². The fourth-order valence-corrected chi connectivity index (χ4v) is 3.16. The minimum atomic E-state index is -0.453. The Morgan fingerprint density at radius 1 is 1.22 bits per heavy atom. The van der Waals surface area contributed by atoms with Gasteiger partial charge in [0, 0.05) is 51.9 Å². The number of amides is 1. The average molecular weight is 383 g/mol. The monoisotopic (exact) mass is 382 g/mol. The summed E-state index contributed by atoms with van der Waals surface area (Å²) >= 11 is 0. The number of piperazine rings is 1. The highest BCUT2D eigenvalue weighted by Gasteiger charge is 2.34. The minimum absolute atomic E-state index is 0.217. The van der Waals surface area contributed by atoms with Crippen LogP contribution in [0.1, 0.15) is 34.6 Å². The fraction of sp³-hybridized carbons (Fsp3) is 0.895. The van der Waals surface area contributed by atoms with Crippen molar-refractivity contribution in [2.24, 2.45) is 4.99 Å². The number of hydrogen-bond donors (Lipinski definition) is 2. The van der Waals surface area contributed by atoms with Gasteiger partial charge in [-0.1, -0.05) is 0 Å². The Morgan fingerprint density at radius 2 is 1.85 bits per heavy atom. The highest BCUT2D eigenvalue weighted by Crippen LogP contribution is 2.15. The van der Waals surface area contributed by atoms with Gasteiger partial charge >= 0.3 is 6.09 Å². The van der Waals surface area contributed by atoms with Crippen molar-refractivity contribution in [3.8, 4) is 0 Å². The molecule has 2 N–H and O–H groups in total. The lowest BCUT2D eigenvalue weighted by Crippen LogP contribution is -2.63. The van der Waals surface area contributed by atoms with Crippen LogP contribution in [0.3, 0.4) is 0 Å². The summed E-state index contributed by atoms with van der Waals surface area (Å²) in [6.45, 7) is 17.3. The third kappa shape index (κ3) is 7.18. The van der Waals surface area contributed by atoms with Crippen molar-refractivity contribution < 1.29 is 9.53 Å². The van der Waals surface area contributed by atoms with Crippen LogP contribution in [-0.4, -0.2) is 104 Å². The van der Waals surface area contributed by atoms with Gasteiger partial charge in [-0.15, -0.1) is 0 Å². The van der Waals surface area contributed by atoms with Gasteiger partial charge in [-0.3, -0.25) is 9.89 Å². The molecule has 27 heavy (non-hydrogen) atoms. The average Bonchev–Trinajstić information content (AvgIpc) is 2.53. The molecule has 0 aromatic heterocycles. The molecule has 0 saturated carbocycles. The van der Waals surface area contributed by atoms with Crippen LogP contribution in [0, 0.1) is 0 Å². The van der Waals surface area contributed by atoms with Crippen LogP contribution in [0.5, 0.6) is 0 Å². The Bertz CT molecular complexity index is 505. The SMILES string of the molecule is CCNC(=NCC(C)N1CCN(C)CC1)NC1CN(C(=O)OC(C)(C)C)C1. The van der Waals surface area contributed by atoms with Gasteiger partial charge in [-0.25, -0.2) is 4.79 Å². The van der Waals surface area contributed by atoms with E-state index in [1.165, 1.54) is 0 Å². The number of carbonyl (C=O) groups is 1. The van der Waals surface area contributed by atoms with Crippen LogP contribution < -0.4 is 10.6 Å². The molecule has 0 aliphatic carbocycles. The molecule has 0 aromatic rings. The summed E-state index contributed by atoms with van der Waals surface area (Å²) in [5, 5.41) is 6.74. The molecule has 2 rings (SSSR count). The third-order valence-corrected chi connectivity index (χ3v) is 4.89. The number of aliphatic imine (C=N–C) groups is 1. The van der Waals surface area contributed by atoms with Crippen molar-refractivity contribution >= 4 is 12.1 Å². The molecule has 1 unspecified atom stereocenters. The molecule has 156 valence electrons. The highest BCUT2D eigenvalue weighted by molar-refractivity contribution is 5.80. The lowest BCUT2D eigenvalue weighted by atomic mass is 10.1. The maximum absolute atomic E-state index is 12.0. The van der Waals surface area contributed by atoms with E-state index in [0.29, 0.717) is 19.1 Å². The first-order valence-electron chi connectivity index (χ1n) is 10.1. The van der Waals surface area contributed by atoms with Crippen molar-refractivity contribution in [1.82, 2.24) is 25.3 Å². The zero-order valence-electron chi connectivity index (χ0n) is 17.9. The first kappa shape index (κ1) is 21.8. The summed E-state index contributed by atoms with van der Waals surface area (Å²) < 4.78 is 5.40. The molecule has 2 heterocycles. The standard InChI is InChI=1S/C19H38N6O2/c1-7-20-17(21-12-15(2)24-10-8-23(6)9-11-24)22-16-13-25(14-16)18(26)27-19(3,4)5/h15-16H,7-14H2,1-6H3,(H2,20,21,22). The second kappa shape index (κ2) is 9.59. The number of rotatable bonds is 5. The van der Waals surface area contributed by atoms with Crippen LogP contribution in [0.15, 0.2) is 4.99 Å². The fourth-order valence-electron chi connectivity index (χ4n) is 3.16. The van der Waals surface area contributed by atoms with Crippen LogP contribution in [0.4, 0.5) is 4.79 Å². The largest absolute Gasteiger partial charge is 0.444 e. The van der Waals surface area contributed by atoms with Crippen LogP contribution in [0.25, 0.3) is 0 Å². The molecular formula is C19H38N6O2. The summed E-state index contributed by atoms with van der Waals surface area (Å²) in [7, 11) is 2.17. The molecule has 8 nitrogen and oxygen atoms in total. The van der Waals surface area contributed by atoms with Gasteiger partial charge in [0.05, 0.1) is 12.6 Å². The number of carbonyl (C=O) groups excluding carboxylic acids is 1. The van der Waals surface area contributed by atoms with Crippen molar-refractivity contribution in [3.05, 3.63) is 0 Å². The maximum Gasteiger partial charge on any atom is 0.410 e. The minimum Gasteiger partial charge on any atom is -0.444 e. The van der Waals surface area contributed by atoms with Gasteiger partial charge in [0.15, 0.2) is 5.96 Å². The molecule has 0 spiro atoms. The molecule has 8 heteroatoms. The second-order valence-corrected chi connectivity index (χ2v) is 8.63. The maximum atomic E-state index is 12.0. The topological polar surface area (TPSA) is 72.4 Å². The molecule has 1 atom stereocenters. The zero-order valence-corrected chi connectivity index (χ0v) is 17.9. The number of hydrogen-bond acceptors (Lipinski definition) is 5. The van der Waals surface area contributed by atoms with Gasteiger partial charge in [-0.2, -0.15) is 0 Å². The lowest BCUT2D eigenvalue weighted by molar-refractivity contribution is 0.00700. The van der Waals surface area contributed by atoms with E-state index in [4.69, 9.17) is 9.73 Å². The number of nitrogens with one attached hydrogen (secondary N) is 2. The van der Waals surface area contributed by atoms with Crippen LogP contribution >= 0.6 is 0 Å². The van der Waals surface area contributed by atoms with Crippen molar-refractivity contribution in [1.29, 1.82) is 0 Å². The summed E-state index contributed by atoms with van der Waals surface area (Å²) in [5.74, 6) is 0.826. The molecule has 2 aliphatic rings. The summed E-state index contributed by atoms with van der Waals surface area (Å²) in [6.07, 6.45) is -0.244. The first-order chi connectivity index (χ1) is 12.7. The molecule has 0 bridgehead atoms. The van der Waals surface area contributed by atoms with E-state index in [1.54, 1.807) is 4.90 Å². The molecule has 1 amide bonds. The lowest BCUT2D eigenvalue weighted by Gasteiger charge is -2.40. The Morgan fingerprint density at radius 3 is 2.41 bits per heavy atom. The van der Waals surface area contributed by atoms with Crippen molar-refractivity contribution in [2.45, 2.75) is 52.3 Å².